The molecular weight excluding hydrogens is 251 g/mol. The summed E-state index contributed by atoms with van der Waals surface area (Å²) in [6.07, 6.45) is -2.22. The second kappa shape index (κ2) is 6.94. The second-order valence-corrected chi connectivity index (χ2v) is 5.41. The zero-order chi connectivity index (χ0) is 14.5. The second-order valence-electron chi connectivity index (χ2n) is 5.41. The van der Waals surface area contributed by atoms with Crippen LogP contribution in [0.5, 0.6) is 0 Å². The van der Waals surface area contributed by atoms with E-state index in [0.717, 1.165) is 18.9 Å². The monoisotopic (exact) mass is 273 g/mol. The zero-order valence-electron chi connectivity index (χ0n) is 11.7. The van der Waals surface area contributed by atoms with Gasteiger partial charge < -0.3 is 5.32 Å². The molecule has 0 aliphatic rings. The van der Waals surface area contributed by atoms with Crippen LogP contribution in [0.15, 0.2) is 24.3 Å². The van der Waals surface area contributed by atoms with E-state index in [1.807, 2.05) is 6.92 Å². The fourth-order valence-corrected chi connectivity index (χ4v) is 1.92. The SMILES string of the molecule is CC(C)CCC(C)NCc1ccccc1C(F)(F)F. The molecule has 4 heteroatoms. The van der Waals surface area contributed by atoms with Crippen molar-refractivity contribution in [3.8, 4) is 0 Å². The quantitative estimate of drug-likeness (QED) is 0.797. The molecule has 0 saturated carbocycles. The minimum Gasteiger partial charge on any atom is -0.310 e. The van der Waals surface area contributed by atoms with Gasteiger partial charge in [-0.15, -0.1) is 0 Å². The van der Waals surface area contributed by atoms with Crippen molar-refractivity contribution in [3.05, 3.63) is 35.4 Å². The van der Waals surface area contributed by atoms with Crippen molar-refractivity contribution >= 4 is 0 Å². The van der Waals surface area contributed by atoms with Gasteiger partial charge in [-0.25, -0.2) is 0 Å². The van der Waals surface area contributed by atoms with Crippen LogP contribution >= 0.6 is 0 Å². The summed E-state index contributed by atoms with van der Waals surface area (Å²) in [6.45, 7) is 6.56. The Morgan fingerprint density at radius 2 is 1.68 bits per heavy atom. The predicted octanol–water partition coefficient (Wildman–Crippen LogP) is 4.62. The molecule has 0 aromatic heterocycles. The van der Waals surface area contributed by atoms with E-state index < -0.39 is 11.7 Å². The van der Waals surface area contributed by atoms with Gasteiger partial charge in [0.1, 0.15) is 0 Å². The smallest absolute Gasteiger partial charge is 0.310 e. The average molecular weight is 273 g/mol. The van der Waals surface area contributed by atoms with Crippen molar-refractivity contribution in [1.82, 2.24) is 5.32 Å². The van der Waals surface area contributed by atoms with Crippen LogP contribution in [0.1, 0.15) is 44.7 Å². The number of rotatable bonds is 6. The van der Waals surface area contributed by atoms with Crippen LogP contribution in [0.4, 0.5) is 13.2 Å². The molecule has 0 spiro atoms. The zero-order valence-corrected chi connectivity index (χ0v) is 11.7. The maximum atomic E-state index is 12.8. The highest BCUT2D eigenvalue weighted by Crippen LogP contribution is 2.31. The Hall–Kier alpha value is -1.03. The van der Waals surface area contributed by atoms with Gasteiger partial charge >= 0.3 is 6.18 Å². The normalized spacial score (nSPS) is 13.8. The molecule has 0 heterocycles. The molecule has 108 valence electrons. The van der Waals surface area contributed by atoms with Crippen LogP contribution in [0.2, 0.25) is 0 Å². The Labute approximate surface area is 113 Å². The van der Waals surface area contributed by atoms with Crippen LogP contribution in [0.25, 0.3) is 0 Å². The Morgan fingerprint density at radius 1 is 1.05 bits per heavy atom. The summed E-state index contributed by atoms with van der Waals surface area (Å²) < 4.78 is 38.4. The summed E-state index contributed by atoms with van der Waals surface area (Å²) in [6, 6.07) is 5.96. The van der Waals surface area contributed by atoms with E-state index in [1.165, 1.54) is 12.1 Å². The third-order valence-electron chi connectivity index (χ3n) is 3.14. The molecule has 1 unspecified atom stereocenters. The van der Waals surface area contributed by atoms with Crippen LogP contribution in [-0.2, 0) is 12.7 Å². The average Bonchev–Trinajstić information content (AvgIpc) is 2.33. The maximum absolute atomic E-state index is 12.8. The summed E-state index contributed by atoms with van der Waals surface area (Å²) in [7, 11) is 0. The number of benzene rings is 1. The standard InChI is InChI=1S/C15H22F3N/c1-11(2)8-9-12(3)19-10-13-6-4-5-7-14(13)15(16,17)18/h4-7,11-12,19H,8-10H2,1-3H3. The van der Waals surface area contributed by atoms with Crippen molar-refractivity contribution in [2.24, 2.45) is 5.92 Å². The molecule has 1 aromatic rings. The lowest BCUT2D eigenvalue weighted by molar-refractivity contribution is -0.138. The molecule has 1 nitrogen and oxygen atoms in total. The van der Waals surface area contributed by atoms with Gasteiger partial charge in [-0.2, -0.15) is 13.2 Å². The van der Waals surface area contributed by atoms with E-state index in [9.17, 15) is 13.2 Å². The van der Waals surface area contributed by atoms with Crippen LogP contribution < -0.4 is 5.32 Å². The molecule has 0 fully saturated rings. The molecule has 0 saturated heterocycles. The fourth-order valence-electron chi connectivity index (χ4n) is 1.92. The van der Waals surface area contributed by atoms with Crippen LogP contribution in [0, 0.1) is 5.92 Å². The Balaban J connectivity index is 2.58. The molecule has 0 amide bonds. The Kier molecular flexibility index (Phi) is 5.85. The third kappa shape index (κ3) is 5.64. The van der Waals surface area contributed by atoms with Gasteiger partial charge in [0.05, 0.1) is 5.56 Å². The first-order valence-electron chi connectivity index (χ1n) is 6.69. The first kappa shape index (κ1) is 16.0. The van der Waals surface area contributed by atoms with Crippen molar-refractivity contribution in [2.75, 3.05) is 0 Å². The maximum Gasteiger partial charge on any atom is 0.416 e. The van der Waals surface area contributed by atoms with Crippen molar-refractivity contribution in [1.29, 1.82) is 0 Å². The van der Waals surface area contributed by atoms with Gasteiger partial charge in [-0.3, -0.25) is 0 Å². The summed E-state index contributed by atoms with van der Waals surface area (Å²) in [4.78, 5) is 0. The molecule has 1 N–H and O–H groups in total. The highest BCUT2D eigenvalue weighted by atomic mass is 19.4. The summed E-state index contributed by atoms with van der Waals surface area (Å²) >= 11 is 0. The number of halogens is 3. The van der Waals surface area contributed by atoms with E-state index >= 15 is 0 Å². The van der Waals surface area contributed by atoms with E-state index in [1.54, 1.807) is 6.07 Å². The Morgan fingerprint density at radius 3 is 2.26 bits per heavy atom. The summed E-state index contributed by atoms with van der Waals surface area (Å²) in [5.41, 5.74) is -0.232. The molecule has 0 aliphatic heterocycles. The molecule has 1 aromatic carbocycles. The Bertz CT molecular complexity index is 385. The molecular formula is C15H22F3N. The number of hydrogen-bond acceptors (Lipinski definition) is 1. The van der Waals surface area contributed by atoms with Gasteiger partial charge in [0, 0.05) is 12.6 Å². The first-order valence-corrected chi connectivity index (χ1v) is 6.69. The molecule has 0 radical (unpaired) electrons. The molecule has 0 bridgehead atoms. The van der Waals surface area contributed by atoms with E-state index in [0.29, 0.717) is 11.5 Å². The largest absolute Gasteiger partial charge is 0.416 e. The lowest BCUT2D eigenvalue weighted by Gasteiger charge is -2.17. The minimum absolute atomic E-state index is 0.226. The van der Waals surface area contributed by atoms with Crippen LogP contribution in [0.3, 0.4) is 0 Å². The van der Waals surface area contributed by atoms with Crippen LogP contribution in [-0.4, -0.2) is 6.04 Å². The highest BCUT2D eigenvalue weighted by Gasteiger charge is 2.32. The molecule has 1 atom stereocenters. The third-order valence-corrected chi connectivity index (χ3v) is 3.14. The van der Waals surface area contributed by atoms with Gasteiger partial charge in [-0.05, 0) is 37.3 Å². The van der Waals surface area contributed by atoms with E-state index in [4.69, 9.17) is 0 Å². The summed E-state index contributed by atoms with van der Waals surface area (Å²) in [5, 5.41) is 3.17. The lowest BCUT2D eigenvalue weighted by atomic mass is 10.0. The number of nitrogens with one attached hydrogen (secondary N) is 1. The number of alkyl halides is 3. The van der Waals surface area contributed by atoms with Crippen molar-refractivity contribution < 1.29 is 13.2 Å². The topological polar surface area (TPSA) is 12.0 Å². The minimum atomic E-state index is -4.28. The molecule has 19 heavy (non-hydrogen) atoms. The van der Waals surface area contributed by atoms with Crippen molar-refractivity contribution in [3.63, 3.8) is 0 Å². The van der Waals surface area contributed by atoms with E-state index in [2.05, 4.69) is 19.2 Å². The lowest BCUT2D eigenvalue weighted by Crippen LogP contribution is -2.27. The fraction of sp³-hybridized carbons (Fsp3) is 0.600. The molecule has 0 aliphatic carbocycles. The highest BCUT2D eigenvalue weighted by molar-refractivity contribution is 5.29. The van der Waals surface area contributed by atoms with Gasteiger partial charge in [0.15, 0.2) is 0 Å². The van der Waals surface area contributed by atoms with Gasteiger partial charge in [0.25, 0.3) is 0 Å². The van der Waals surface area contributed by atoms with Gasteiger partial charge in [-0.1, -0.05) is 32.0 Å². The van der Waals surface area contributed by atoms with E-state index in [-0.39, 0.29) is 12.6 Å². The molecule has 1 rings (SSSR count). The first-order chi connectivity index (χ1) is 8.80. The summed E-state index contributed by atoms with van der Waals surface area (Å²) in [5.74, 6) is 0.617. The van der Waals surface area contributed by atoms with Crippen molar-refractivity contribution in [2.45, 2.75) is 52.4 Å². The predicted molar refractivity (Wildman–Crippen MR) is 71.8 cm³/mol. The van der Waals surface area contributed by atoms with Gasteiger partial charge in [0.2, 0.25) is 0 Å². The number of hydrogen-bond donors (Lipinski definition) is 1.